The lowest BCUT2D eigenvalue weighted by atomic mass is 9.45. The summed E-state index contributed by atoms with van der Waals surface area (Å²) >= 11 is 2.20. The number of benzene rings is 1. The first-order valence-electron chi connectivity index (χ1n) is 17.5. The van der Waals surface area contributed by atoms with E-state index in [0.717, 1.165) is 35.2 Å². The second kappa shape index (κ2) is 15.2. The van der Waals surface area contributed by atoms with Crippen LogP contribution in [0.1, 0.15) is 79.6 Å². The summed E-state index contributed by atoms with van der Waals surface area (Å²) in [7, 11) is 0. The van der Waals surface area contributed by atoms with Crippen LogP contribution in [-0.4, -0.2) is 77.6 Å². The van der Waals surface area contributed by atoms with Gasteiger partial charge in [0.1, 0.15) is 24.6 Å². The second-order valence-electron chi connectivity index (χ2n) is 15.4. The first-order chi connectivity index (χ1) is 21.9. The van der Waals surface area contributed by atoms with Gasteiger partial charge in [0.15, 0.2) is 0 Å². The number of hydrogen-bond acceptors (Lipinski definition) is 6. The molecule has 4 saturated carbocycles. The number of aliphatic hydroxyl groups excluding tert-OH is 2. The molecule has 1 aromatic carbocycles. The van der Waals surface area contributed by atoms with Gasteiger partial charge in [0, 0.05) is 25.1 Å². The molecule has 46 heavy (non-hydrogen) atoms. The fourth-order valence-corrected chi connectivity index (χ4v) is 9.40. The van der Waals surface area contributed by atoms with Crippen molar-refractivity contribution in [3.05, 3.63) is 39.5 Å². The molecule has 0 spiro atoms. The number of fused-ring (bicyclic) bond motifs is 2. The van der Waals surface area contributed by atoms with Crippen molar-refractivity contribution in [2.45, 2.75) is 104 Å². The topological polar surface area (TPSA) is 108 Å². The Labute approximate surface area is 289 Å². The largest absolute Gasteiger partial charge is 0.482 e. The standard InChI is InChI=1S/C37H55IN2O6/c1-22(2)27-13-10-23(3)16-32(27)45-21-34(42)40(20-24-11-12-26-19-28(24)37(26,4)5)30-17-25(36(44)39-14-15-41)18-33(35(30)43)46-31-9-7-6-8-29(31)38/h6-9,18,22-24,26-28,30,32-33,35,41,43H,10-17,19-21H2,1-5H3,(H,39,44). The zero-order valence-electron chi connectivity index (χ0n) is 28.3. The summed E-state index contributed by atoms with van der Waals surface area (Å²) in [6, 6.07) is 6.92. The Hall–Kier alpha value is -1.69. The third kappa shape index (κ3) is 7.78. The highest BCUT2D eigenvalue weighted by atomic mass is 127. The van der Waals surface area contributed by atoms with Gasteiger partial charge >= 0.3 is 0 Å². The molecule has 6 rings (SSSR count). The van der Waals surface area contributed by atoms with Gasteiger partial charge in [-0.1, -0.05) is 53.2 Å². The van der Waals surface area contributed by atoms with E-state index in [1.807, 2.05) is 29.2 Å². The fraction of sp³-hybridized carbons (Fsp3) is 0.730. The minimum Gasteiger partial charge on any atom is -0.482 e. The lowest BCUT2D eigenvalue weighted by Crippen LogP contribution is -2.60. The van der Waals surface area contributed by atoms with Gasteiger partial charge in [-0.25, -0.2) is 0 Å². The molecular weight excluding hydrogens is 695 g/mol. The third-order valence-corrected chi connectivity index (χ3v) is 12.7. The molecule has 3 N–H and O–H groups in total. The van der Waals surface area contributed by atoms with Crippen molar-refractivity contribution in [1.29, 1.82) is 0 Å². The van der Waals surface area contributed by atoms with Gasteiger partial charge in [0.05, 0.1) is 22.3 Å². The molecule has 5 aliphatic carbocycles. The van der Waals surface area contributed by atoms with Gasteiger partial charge in [-0.15, -0.1) is 0 Å². The Bertz CT molecular complexity index is 1250. The number of aliphatic hydroxyl groups is 2. The Morgan fingerprint density at radius 2 is 1.89 bits per heavy atom. The van der Waals surface area contributed by atoms with Gasteiger partial charge in [-0.05, 0) is 114 Å². The summed E-state index contributed by atoms with van der Waals surface area (Å²) in [6.45, 7) is 11.9. The van der Waals surface area contributed by atoms with E-state index in [4.69, 9.17) is 9.47 Å². The van der Waals surface area contributed by atoms with E-state index in [0.29, 0.717) is 47.5 Å². The maximum atomic E-state index is 14.4. The highest BCUT2D eigenvalue weighted by Crippen LogP contribution is 2.61. The highest BCUT2D eigenvalue weighted by molar-refractivity contribution is 14.1. The van der Waals surface area contributed by atoms with Crippen LogP contribution in [0.4, 0.5) is 0 Å². The molecule has 1 aromatic rings. The van der Waals surface area contributed by atoms with Gasteiger partial charge in [-0.2, -0.15) is 0 Å². The van der Waals surface area contributed by atoms with E-state index in [-0.39, 0.29) is 49.5 Å². The monoisotopic (exact) mass is 750 g/mol. The van der Waals surface area contributed by atoms with Crippen molar-refractivity contribution >= 4 is 34.4 Å². The molecule has 256 valence electrons. The lowest BCUT2D eigenvalue weighted by molar-refractivity contribution is -0.156. The van der Waals surface area contributed by atoms with Crippen molar-refractivity contribution in [2.24, 2.45) is 40.9 Å². The lowest BCUT2D eigenvalue weighted by Gasteiger charge is -2.61. The van der Waals surface area contributed by atoms with E-state index in [1.165, 1.54) is 12.8 Å². The SMILES string of the molecule is CC1CCC(C(C)C)C(OCC(=O)N(CC2CCC3CC2C3(C)C)C2CC(C(=O)NCCO)=CC(Oc3ccccc3I)C2O)C1. The maximum absolute atomic E-state index is 14.4. The van der Waals surface area contributed by atoms with Gasteiger partial charge in [-0.3, -0.25) is 9.59 Å². The van der Waals surface area contributed by atoms with Crippen LogP contribution in [0.3, 0.4) is 0 Å². The second-order valence-corrected chi connectivity index (χ2v) is 16.5. The first-order valence-corrected chi connectivity index (χ1v) is 18.6. The molecule has 8 nitrogen and oxygen atoms in total. The summed E-state index contributed by atoms with van der Waals surface area (Å²) < 4.78 is 13.8. The first kappa shape index (κ1) is 35.6. The van der Waals surface area contributed by atoms with Crippen LogP contribution in [0.5, 0.6) is 5.75 Å². The van der Waals surface area contributed by atoms with E-state index in [2.05, 4.69) is 62.5 Å². The molecule has 2 amide bonds. The van der Waals surface area contributed by atoms with Gasteiger partial charge < -0.3 is 29.9 Å². The quantitative estimate of drug-likeness (QED) is 0.241. The predicted molar refractivity (Wildman–Crippen MR) is 187 cm³/mol. The van der Waals surface area contributed by atoms with Crippen molar-refractivity contribution in [3.63, 3.8) is 0 Å². The number of hydrogen-bond donors (Lipinski definition) is 3. The van der Waals surface area contributed by atoms with Crippen LogP contribution in [-0.2, 0) is 14.3 Å². The number of para-hydroxylation sites is 1. The number of halogens is 1. The molecule has 2 bridgehead atoms. The summed E-state index contributed by atoms with van der Waals surface area (Å²) in [5.41, 5.74) is 0.694. The molecule has 0 heterocycles. The molecule has 9 atom stereocenters. The maximum Gasteiger partial charge on any atom is 0.248 e. The number of ether oxygens (including phenoxy) is 2. The predicted octanol–water partition coefficient (Wildman–Crippen LogP) is 5.59. The van der Waals surface area contributed by atoms with Crippen LogP contribution < -0.4 is 10.1 Å². The fourth-order valence-electron chi connectivity index (χ4n) is 8.89. The number of nitrogens with one attached hydrogen (secondary N) is 1. The number of carbonyl (C=O) groups is 2. The Balaban J connectivity index is 1.43. The van der Waals surface area contributed by atoms with Crippen molar-refractivity contribution in [3.8, 4) is 5.75 Å². The van der Waals surface area contributed by atoms with E-state index >= 15 is 0 Å². The normalized spacial score (nSPS) is 33.5. The number of carbonyl (C=O) groups excluding carboxylic acids is 2. The minimum atomic E-state index is -1.04. The van der Waals surface area contributed by atoms with Crippen LogP contribution in [0, 0.1) is 44.5 Å². The summed E-state index contributed by atoms with van der Waals surface area (Å²) in [5, 5.41) is 24.1. The summed E-state index contributed by atoms with van der Waals surface area (Å²) in [4.78, 5) is 29.6. The van der Waals surface area contributed by atoms with Crippen LogP contribution in [0.15, 0.2) is 35.9 Å². The average Bonchev–Trinajstić information content (AvgIpc) is 3.03. The third-order valence-electron chi connectivity index (χ3n) is 11.8. The molecule has 5 aliphatic rings. The van der Waals surface area contributed by atoms with Gasteiger partial charge in [0.25, 0.3) is 0 Å². The molecule has 0 saturated heterocycles. The molecule has 9 unspecified atom stereocenters. The molecule has 9 heteroatoms. The Morgan fingerprint density at radius 3 is 2.57 bits per heavy atom. The average molecular weight is 751 g/mol. The zero-order valence-corrected chi connectivity index (χ0v) is 30.4. The number of rotatable bonds is 12. The molecule has 0 aliphatic heterocycles. The van der Waals surface area contributed by atoms with Crippen LogP contribution in [0.2, 0.25) is 0 Å². The van der Waals surface area contributed by atoms with E-state index in [9.17, 15) is 19.8 Å². The summed E-state index contributed by atoms with van der Waals surface area (Å²) in [5.74, 6) is 3.20. The summed E-state index contributed by atoms with van der Waals surface area (Å²) in [6.07, 6.45) is 6.69. The highest BCUT2D eigenvalue weighted by Gasteiger charge is 2.55. The number of amides is 2. The number of nitrogens with zero attached hydrogens (tertiary/aromatic N) is 1. The van der Waals surface area contributed by atoms with Crippen molar-refractivity contribution in [2.75, 3.05) is 26.3 Å². The van der Waals surface area contributed by atoms with Crippen LogP contribution in [0.25, 0.3) is 0 Å². The van der Waals surface area contributed by atoms with E-state index < -0.39 is 18.2 Å². The molecule has 0 aromatic heterocycles. The van der Waals surface area contributed by atoms with Crippen LogP contribution >= 0.6 is 22.6 Å². The minimum absolute atomic E-state index is 0.0304. The van der Waals surface area contributed by atoms with Crippen molar-refractivity contribution in [1.82, 2.24) is 10.2 Å². The van der Waals surface area contributed by atoms with Gasteiger partial charge in [0.2, 0.25) is 11.8 Å². The molecule has 0 radical (unpaired) electrons. The molecular formula is C37H55IN2O6. The smallest absolute Gasteiger partial charge is 0.248 e. The van der Waals surface area contributed by atoms with Crippen molar-refractivity contribution < 1.29 is 29.3 Å². The molecule has 4 fully saturated rings. The Morgan fingerprint density at radius 1 is 1.13 bits per heavy atom. The van der Waals surface area contributed by atoms with E-state index in [1.54, 1.807) is 6.08 Å². The zero-order chi connectivity index (χ0) is 33.2. The Kier molecular flexibility index (Phi) is 11.8.